The van der Waals surface area contributed by atoms with Gasteiger partial charge >= 0.3 is 6.09 Å². The maximum absolute atomic E-state index is 13.9. The van der Waals surface area contributed by atoms with Crippen LogP contribution in [0.2, 0.25) is 0 Å². The number of carbonyl (C=O) groups is 3. The number of nitrogens with zero attached hydrogens (tertiary/aromatic N) is 7. The van der Waals surface area contributed by atoms with Crippen molar-refractivity contribution in [2.75, 3.05) is 20.0 Å². The molecule has 0 spiro atoms. The molecule has 308 valence electrons. The van der Waals surface area contributed by atoms with E-state index in [9.17, 15) is 14.4 Å². The molecule has 4 atom stereocenters. The summed E-state index contributed by atoms with van der Waals surface area (Å²) in [5.41, 5.74) is 6.42. The Labute approximate surface area is 346 Å². The fourth-order valence-electron chi connectivity index (χ4n) is 8.20. The van der Waals surface area contributed by atoms with E-state index in [1.54, 1.807) is 15.8 Å². The van der Waals surface area contributed by atoms with E-state index in [0.29, 0.717) is 32.4 Å². The maximum atomic E-state index is 13.9. The van der Waals surface area contributed by atoms with Gasteiger partial charge in [0.15, 0.2) is 0 Å². The predicted octanol–water partition coefficient (Wildman–Crippen LogP) is 8.66. The summed E-state index contributed by atoms with van der Waals surface area (Å²) in [6.07, 6.45) is 5.43. The van der Waals surface area contributed by atoms with E-state index in [0.717, 1.165) is 57.4 Å². The zero-order chi connectivity index (χ0) is 41.8. The van der Waals surface area contributed by atoms with Crippen molar-refractivity contribution in [1.82, 2.24) is 25.3 Å². The van der Waals surface area contributed by atoms with Crippen molar-refractivity contribution in [2.24, 2.45) is 0 Å². The van der Waals surface area contributed by atoms with Gasteiger partial charge in [0.1, 0.15) is 11.4 Å². The molecule has 0 bridgehead atoms. The van der Waals surface area contributed by atoms with E-state index in [2.05, 4.69) is 33.9 Å². The number of rotatable bonds is 11. The lowest BCUT2D eigenvalue weighted by atomic mass is 9.90. The van der Waals surface area contributed by atoms with Crippen molar-refractivity contribution in [2.45, 2.75) is 117 Å². The lowest BCUT2D eigenvalue weighted by molar-refractivity contribution is -0.119. The van der Waals surface area contributed by atoms with E-state index >= 15 is 0 Å². The van der Waals surface area contributed by atoms with Crippen LogP contribution in [0, 0.1) is 0 Å². The van der Waals surface area contributed by atoms with Gasteiger partial charge in [-0.2, -0.15) is 0 Å². The first-order valence-electron chi connectivity index (χ1n) is 20.6. The highest BCUT2D eigenvalue weighted by atomic mass is 16.6. The number of aromatic nitrogens is 4. The van der Waals surface area contributed by atoms with E-state index in [1.807, 2.05) is 136 Å². The standard InChI is InChI=1S/C46H55N9O4/c1-8-43(56)53-30(3)24-38(36-14-10-12-16-39(36)53)49-42-23-22-35(28-48-42)52-29-33(50-51-52)27-47-26-32-18-20-34(21-19-32)55(45(58)59-46(5,6)7)41-25-31(4)54(44(57)9-2)40-17-13-11-15-37(40)41/h10-23,28-31,38,41,47H,8-9,24-27H2,1-7H3,(H,48,49)/t30-,31-,38+,41+/m0/s1. The summed E-state index contributed by atoms with van der Waals surface area (Å²) in [6.45, 7) is 14.6. The molecule has 2 aliphatic heterocycles. The number of anilines is 4. The summed E-state index contributed by atoms with van der Waals surface area (Å²) in [4.78, 5) is 49.9. The van der Waals surface area contributed by atoms with Gasteiger partial charge < -0.3 is 25.2 Å². The van der Waals surface area contributed by atoms with Crippen LogP contribution < -0.4 is 25.3 Å². The molecule has 7 rings (SSSR count). The molecule has 3 amide bonds. The van der Waals surface area contributed by atoms with Crippen molar-refractivity contribution in [3.63, 3.8) is 0 Å². The van der Waals surface area contributed by atoms with Crippen molar-refractivity contribution in [3.8, 4) is 5.69 Å². The molecule has 5 aromatic rings. The fourth-order valence-corrected chi connectivity index (χ4v) is 8.20. The first kappa shape index (κ1) is 41.1. The van der Waals surface area contributed by atoms with Crippen molar-refractivity contribution >= 4 is 40.8 Å². The number of ether oxygens (including phenoxy) is 1. The summed E-state index contributed by atoms with van der Waals surface area (Å²) in [5.74, 6) is 0.928. The van der Waals surface area contributed by atoms with Crippen molar-refractivity contribution in [1.29, 1.82) is 0 Å². The van der Waals surface area contributed by atoms with Gasteiger partial charge in [-0.25, -0.2) is 14.5 Å². The second-order valence-corrected chi connectivity index (χ2v) is 16.4. The Morgan fingerprint density at radius 1 is 0.797 bits per heavy atom. The van der Waals surface area contributed by atoms with Gasteiger partial charge in [0.2, 0.25) is 11.8 Å². The number of benzene rings is 3. The number of carbonyl (C=O) groups excluding carboxylic acids is 3. The van der Waals surface area contributed by atoms with Crippen LogP contribution in [0.4, 0.5) is 27.7 Å². The van der Waals surface area contributed by atoms with E-state index in [-0.39, 0.29) is 36.0 Å². The highest BCUT2D eigenvalue weighted by Gasteiger charge is 2.40. The Morgan fingerprint density at radius 2 is 1.42 bits per heavy atom. The van der Waals surface area contributed by atoms with Crippen LogP contribution in [0.5, 0.6) is 0 Å². The zero-order valence-corrected chi connectivity index (χ0v) is 35.1. The number of fused-ring (bicyclic) bond motifs is 2. The van der Waals surface area contributed by atoms with Gasteiger partial charge in [-0.3, -0.25) is 14.5 Å². The third-order valence-corrected chi connectivity index (χ3v) is 10.9. The van der Waals surface area contributed by atoms with Crippen molar-refractivity contribution in [3.05, 3.63) is 120 Å². The molecule has 0 fully saturated rings. The Morgan fingerprint density at radius 3 is 2.05 bits per heavy atom. The molecule has 13 nitrogen and oxygen atoms in total. The maximum Gasteiger partial charge on any atom is 0.415 e. The lowest BCUT2D eigenvalue weighted by Crippen LogP contribution is -2.48. The second kappa shape index (κ2) is 17.4. The minimum atomic E-state index is -0.690. The quantitative estimate of drug-likeness (QED) is 0.135. The van der Waals surface area contributed by atoms with Crippen LogP contribution in [0.15, 0.2) is 97.3 Å². The molecule has 2 N–H and O–H groups in total. The molecule has 4 heterocycles. The topological polar surface area (TPSA) is 138 Å². The number of hydrogen-bond acceptors (Lipinski definition) is 9. The Bertz CT molecular complexity index is 2270. The summed E-state index contributed by atoms with van der Waals surface area (Å²) >= 11 is 0. The predicted molar refractivity (Wildman–Crippen MR) is 231 cm³/mol. The molecular weight excluding hydrogens is 743 g/mol. The molecule has 2 aromatic heterocycles. The lowest BCUT2D eigenvalue weighted by Gasteiger charge is -2.43. The molecule has 2 aliphatic rings. The minimum absolute atomic E-state index is 0.0210. The number of nitrogens with one attached hydrogen (secondary N) is 2. The van der Waals surface area contributed by atoms with Gasteiger partial charge in [0.25, 0.3) is 0 Å². The van der Waals surface area contributed by atoms with Gasteiger partial charge in [0.05, 0.1) is 35.9 Å². The smallest absolute Gasteiger partial charge is 0.415 e. The fraction of sp³-hybridized carbons (Fsp3) is 0.391. The molecule has 0 unspecified atom stereocenters. The summed E-state index contributed by atoms with van der Waals surface area (Å²) in [6, 6.07) is 27.4. The molecular formula is C46H55N9O4. The zero-order valence-electron chi connectivity index (χ0n) is 35.1. The average Bonchev–Trinajstić information content (AvgIpc) is 3.69. The number of pyridine rings is 1. The Kier molecular flexibility index (Phi) is 12.1. The van der Waals surface area contributed by atoms with Crippen LogP contribution in [-0.2, 0) is 27.4 Å². The van der Waals surface area contributed by atoms with E-state index < -0.39 is 11.7 Å². The monoisotopic (exact) mass is 797 g/mol. The van der Waals surface area contributed by atoms with Crippen LogP contribution in [-0.4, -0.2) is 55.6 Å². The molecule has 13 heteroatoms. The van der Waals surface area contributed by atoms with Crippen LogP contribution in [0.1, 0.15) is 109 Å². The summed E-state index contributed by atoms with van der Waals surface area (Å²) in [5, 5.41) is 15.8. The highest BCUT2D eigenvalue weighted by molar-refractivity contribution is 5.97. The highest BCUT2D eigenvalue weighted by Crippen LogP contribution is 2.43. The minimum Gasteiger partial charge on any atom is -0.443 e. The molecule has 0 saturated carbocycles. The molecule has 59 heavy (non-hydrogen) atoms. The normalized spacial score (nSPS) is 18.8. The van der Waals surface area contributed by atoms with Crippen LogP contribution in [0.25, 0.3) is 5.69 Å². The molecule has 0 aliphatic carbocycles. The summed E-state index contributed by atoms with van der Waals surface area (Å²) < 4.78 is 7.67. The largest absolute Gasteiger partial charge is 0.443 e. The first-order valence-corrected chi connectivity index (χ1v) is 20.6. The second-order valence-electron chi connectivity index (χ2n) is 16.4. The van der Waals surface area contributed by atoms with Gasteiger partial charge in [-0.1, -0.05) is 67.6 Å². The van der Waals surface area contributed by atoms with Crippen LogP contribution in [0.3, 0.4) is 0 Å². The third kappa shape index (κ3) is 9.00. The number of hydrogen-bond donors (Lipinski definition) is 2. The van der Waals surface area contributed by atoms with E-state index in [4.69, 9.17) is 9.72 Å². The van der Waals surface area contributed by atoms with Gasteiger partial charge in [-0.15, -0.1) is 5.10 Å². The van der Waals surface area contributed by atoms with Crippen LogP contribution >= 0.6 is 0 Å². The number of amides is 3. The van der Waals surface area contributed by atoms with Gasteiger partial charge in [-0.05, 0) is 101 Å². The van der Waals surface area contributed by atoms with E-state index in [1.165, 1.54) is 0 Å². The average molecular weight is 798 g/mol. The van der Waals surface area contributed by atoms with Crippen molar-refractivity contribution < 1.29 is 19.1 Å². The summed E-state index contributed by atoms with van der Waals surface area (Å²) in [7, 11) is 0. The third-order valence-electron chi connectivity index (χ3n) is 10.9. The molecule has 0 radical (unpaired) electrons. The first-order chi connectivity index (χ1) is 28.3. The molecule has 3 aromatic carbocycles. The van der Waals surface area contributed by atoms with Gasteiger partial charge in [0, 0.05) is 55.1 Å². The Hall–Kier alpha value is -6.08. The molecule has 0 saturated heterocycles. The number of para-hydroxylation sites is 2. The SMILES string of the molecule is CCC(=O)N1c2ccccc2[C@H](N(C(=O)OC(C)(C)C)c2ccc(CNCc3cn(-c4ccc(N[C@@H]5C[C@H](C)N(C(=O)CC)c6ccccc65)nc4)nn3)cc2)C[C@@H]1C. The Balaban J connectivity index is 0.990.